The van der Waals surface area contributed by atoms with Crippen molar-refractivity contribution in [3.63, 3.8) is 0 Å². The highest BCUT2D eigenvalue weighted by Crippen LogP contribution is 2.41. The third kappa shape index (κ3) is 6.90. The fourth-order valence-corrected chi connectivity index (χ4v) is 5.57. The summed E-state index contributed by atoms with van der Waals surface area (Å²) in [6, 6.07) is 14.8. The molecule has 1 heterocycles. The van der Waals surface area contributed by atoms with Crippen molar-refractivity contribution in [1.29, 1.82) is 0 Å². The van der Waals surface area contributed by atoms with Gasteiger partial charge in [0.1, 0.15) is 18.1 Å². The molecule has 4 rings (SSSR count). The Hall–Kier alpha value is -2.28. The molecule has 2 aliphatic rings. The maximum absolute atomic E-state index is 9.97. The molecule has 2 aromatic rings. The van der Waals surface area contributed by atoms with Crippen LogP contribution in [0.1, 0.15) is 56.1 Å². The van der Waals surface area contributed by atoms with E-state index in [-0.39, 0.29) is 12.2 Å². The van der Waals surface area contributed by atoms with Gasteiger partial charge in [-0.3, -0.25) is 0 Å². The van der Waals surface area contributed by atoms with E-state index in [0.29, 0.717) is 18.4 Å². The van der Waals surface area contributed by atoms with E-state index >= 15 is 0 Å². The fraction of sp³-hybridized carbons (Fsp3) is 0.586. The van der Waals surface area contributed by atoms with Crippen molar-refractivity contribution in [1.82, 2.24) is 0 Å². The van der Waals surface area contributed by atoms with E-state index in [1.165, 1.54) is 11.1 Å². The molecule has 0 saturated heterocycles. The number of ether oxygens (including phenoxy) is 4. The molecule has 0 bridgehead atoms. The van der Waals surface area contributed by atoms with E-state index in [1.54, 1.807) is 14.2 Å². The number of nitrogens with zero attached hydrogens (tertiary/aromatic N) is 1. The van der Waals surface area contributed by atoms with Gasteiger partial charge in [0.15, 0.2) is 0 Å². The van der Waals surface area contributed by atoms with Crippen molar-refractivity contribution in [2.24, 2.45) is 5.92 Å². The maximum atomic E-state index is 9.97. The van der Waals surface area contributed by atoms with Gasteiger partial charge in [0.05, 0.1) is 38.2 Å². The number of hydrogen-bond acceptors (Lipinski definition) is 6. The molecule has 0 aromatic heterocycles. The van der Waals surface area contributed by atoms with Gasteiger partial charge in [-0.2, -0.15) is 0 Å². The predicted molar refractivity (Wildman–Crippen MR) is 139 cm³/mol. The van der Waals surface area contributed by atoms with Gasteiger partial charge in [0.25, 0.3) is 0 Å². The van der Waals surface area contributed by atoms with Crippen molar-refractivity contribution in [3.8, 4) is 11.5 Å². The Morgan fingerprint density at radius 3 is 2.69 bits per heavy atom. The minimum absolute atomic E-state index is 0.152. The second-order valence-corrected chi connectivity index (χ2v) is 9.98. The molecule has 2 aromatic carbocycles. The summed E-state index contributed by atoms with van der Waals surface area (Å²) in [6.07, 6.45) is 4.86. The highest BCUT2D eigenvalue weighted by atomic mass is 16.5. The van der Waals surface area contributed by atoms with Gasteiger partial charge in [-0.1, -0.05) is 18.2 Å². The SMILES string of the molecule is COCCCN1CCOc2ccc(CO[C@H]3CC[C@@H](CC(C)O)C[C@@H]3c3ccc(OC)cc3)cc21. The lowest BCUT2D eigenvalue weighted by Gasteiger charge is -2.37. The Morgan fingerprint density at radius 2 is 1.94 bits per heavy atom. The molecular weight excluding hydrogens is 442 g/mol. The lowest BCUT2D eigenvalue weighted by molar-refractivity contribution is -0.0133. The second kappa shape index (κ2) is 12.6. The zero-order chi connectivity index (χ0) is 24.6. The second-order valence-electron chi connectivity index (χ2n) is 9.98. The van der Waals surface area contributed by atoms with Gasteiger partial charge >= 0.3 is 0 Å². The van der Waals surface area contributed by atoms with E-state index in [2.05, 4.69) is 35.2 Å². The first-order chi connectivity index (χ1) is 17.1. The zero-order valence-electron chi connectivity index (χ0n) is 21.4. The Balaban J connectivity index is 1.45. The number of fused-ring (bicyclic) bond motifs is 1. The minimum atomic E-state index is -0.265. The first-order valence-electron chi connectivity index (χ1n) is 13.0. The molecule has 6 nitrogen and oxygen atoms in total. The molecule has 1 unspecified atom stereocenters. The van der Waals surface area contributed by atoms with Gasteiger partial charge < -0.3 is 29.0 Å². The van der Waals surface area contributed by atoms with Crippen LogP contribution in [0.15, 0.2) is 42.5 Å². The number of aliphatic hydroxyl groups excluding tert-OH is 1. The number of benzene rings is 2. The van der Waals surface area contributed by atoms with Crippen LogP contribution in [0, 0.1) is 5.92 Å². The number of rotatable bonds is 11. The molecular formula is C29H41NO5. The van der Waals surface area contributed by atoms with Gasteiger partial charge in [0, 0.05) is 26.2 Å². The van der Waals surface area contributed by atoms with E-state index in [0.717, 1.165) is 75.6 Å². The summed E-state index contributed by atoms with van der Waals surface area (Å²) < 4.78 is 23.1. The van der Waals surface area contributed by atoms with Gasteiger partial charge in [-0.15, -0.1) is 0 Å². The van der Waals surface area contributed by atoms with Crippen molar-refractivity contribution < 1.29 is 24.1 Å². The normalized spacial score (nSPS) is 22.9. The van der Waals surface area contributed by atoms with Crippen LogP contribution in [0.3, 0.4) is 0 Å². The monoisotopic (exact) mass is 483 g/mol. The van der Waals surface area contributed by atoms with Crippen LogP contribution in [-0.2, 0) is 16.1 Å². The summed E-state index contributed by atoms with van der Waals surface area (Å²) in [6.45, 7) is 5.81. The molecule has 4 atom stereocenters. The Labute approximate surface area is 210 Å². The van der Waals surface area contributed by atoms with Crippen LogP contribution in [-0.4, -0.2) is 57.8 Å². The molecule has 0 radical (unpaired) electrons. The van der Waals surface area contributed by atoms with Crippen molar-refractivity contribution in [3.05, 3.63) is 53.6 Å². The molecule has 1 N–H and O–H groups in total. The summed E-state index contributed by atoms with van der Waals surface area (Å²) in [5.41, 5.74) is 3.61. The molecule has 0 amide bonds. The van der Waals surface area contributed by atoms with E-state index in [4.69, 9.17) is 18.9 Å². The third-order valence-electron chi connectivity index (χ3n) is 7.34. The van der Waals surface area contributed by atoms with Crippen LogP contribution in [0.4, 0.5) is 5.69 Å². The smallest absolute Gasteiger partial charge is 0.142 e. The zero-order valence-corrected chi connectivity index (χ0v) is 21.4. The number of aliphatic hydroxyl groups is 1. The molecule has 1 aliphatic heterocycles. The molecule has 6 heteroatoms. The predicted octanol–water partition coefficient (Wildman–Crippen LogP) is 5.17. The summed E-state index contributed by atoms with van der Waals surface area (Å²) in [7, 11) is 3.45. The highest BCUT2D eigenvalue weighted by molar-refractivity contribution is 5.61. The summed E-state index contributed by atoms with van der Waals surface area (Å²) >= 11 is 0. The number of anilines is 1. The first-order valence-corrected chi connectivity index (χ1v) is 13.0. The van der Waals surface area contributed by atoms with Gasteiger partial charge in [-0.25, -0.2) is 0 Å². The number of hydrogen-bond donors (Lipinski definition) is 1. The van der Waals surface area contributed by atoms with E-state index in [9.17, 15) is 5.11 Å². The molecule has 1 saturated carbocycles. The molecule has 35 heavy (non-hydrogen) atoms. The van der Waals surface area contributed by atoms with Gasteiger partial charge in [-0.05, 0) is 80.3 Å². The van der Waals surface area contributed by atoms with E-state index < -0.39 is 0 Å². The highest BCUT2D eigenvalue weighted by Gasteiger charge is 2.33. The van der Waals surface area contributed by atoms with Crippen LogP contribution < -0.4 is 14.4 Å². The third-order valence-corrected chi connectivity index (χ3v) is 7.34. The average Bonchev–Trinajstić information content (AvgIpc) is 2.88. The van der Waals surface area contributed by atoms with Gasteiger partial charge in [0.2, 0.25) is 0 Å². The topological polar surface area (TPSA) is 60.4 Å². The Kier molecular flexibility index (Phi) is 9.30. The summed E-state index contributed by atoms with van der Waals surface area (Å²) in [4.78, 5) is 2.39. The molecule has 192 valence electrons. The first kappa shape index (κ1) is 25.8. The van der Waals surface area contributed by atoms with Crippen LogP contribution in [0.2, 0.25) is 0 Å². The van der Waals surface area contributed by atoms with Crippen LogP contribution in [0.25, 0.3) is 0 Å². The lowest BCUT2D eigenvalue weighted by atomic mass is 9.74. The Morgan fingerprint density at radius 1 is 1.11 bits per heavy atom. The summed E-state index contributed by atoms with van der Waals surface area (Å²) in [5, 5.41) is 9.97. The van der Waals surface area contributed by atoms with Crippen molar-refractivity contribution in [2.75, 3.05) is 45.4 Å². The van der Waals surface area contributed by atoms with Crippen molar-refractivity contribution >= 4 is 5.69 Å². The van der Waals surface area contributed by atoms with Crippen LogP contribution in [0.5, 0.6) is 11.5 Å². The quantitative estimate of drug-likeness (QED) is 0.445. The largest absolute Gasteiger partial charge is 0.497 e. The summed E-state index contributed by atoms with van der Waals surface area (Å²) in [5.74, 6) is 2.65. The van der Waals surface area contributed by atoms with E-state index in [1.807, 2.05) is 19.1 Å². The molecule has 1 fully saturated rings. The Bertz CT molecular complexity index is 916. The molecule has 1 aliphatic carbocycles. The standard InChI is InChI=1S/C29H41NO5/c1-21(31)17-22-5-11-28(26(18-22)24-7-9-25(33-3)10-8-24)35-20-23-6-12-29-27(19-23)30(14-16-34-29)13-4-15-32-2/h6-10,12,19,21-22,26,28,31H,4-5,11,13-18,20H2,1-3H3/t21?,22-,26+,28-/m0/s1. The van der Waals surface area contributed by atoms with Crippen molar-refractivity contribution in [2.45, 2.75) is 63.8 Å². The number of methoxy groups -OCH3 is 2. The fourth-order valence-electron chi connectivity index (χ4n) is 5.57. The maximum Gasteiger partial charge on any atom is 0.142 e. The molecule has 0 spiro atoms. The minimum Gasteiger partial charge on any atom is -0.497 e. The van der Waals surface area contributed by atoms with Crippen LogP contribution >= 0.6 is 0 Å². The average molecular weight is 484 g/mol. The lowest BCUT2D eigenvalue weighted by Crippen LogP contribution is -2.34.